The fourth-order valence-corrected chi connectivity index (χ4v) is 3.29. The van der Waals surface area contributed by atoms with Crippen molar-refractivity contribution >= 4 is 40.1 Å². The summed E-state index contributed by atoms with van der Waals surface area (Å²) in [6, 6.07) is 8.11. The van der Waals surface area contributed by atoms with Crippen LogP contribution in [0.4, 0.5) is 5.13 Å². The molecule has 0 spiro atoms. The average Bonchev–Trinajstić information content (AvgIpc) is 2.99. The first-order valence-corrected chi connectivity index (χ1v) is 8.75. The number of hydrogen-bond donors (Lipinski definition) is 1. The normalized spacial score (nSPS) is 10.3. The smallest absolute Gasteiger partial charge is 0.316 e. The van der Waals surface area contributed by atoms with E-state index in [-0.39, 0.29) is 17.6 Å². The first-order chi connectivity index (χ1) is 11.1. The molecule has 1 aromatic carbocycles. The Morgan fingerprint density at radius 2 is 2.00 bits per heavy atom. The molecule has 0 aliphatic carbocycles. The highest BCUT2D eigenvalue weighted by Crippen LogP contribution is 2.25. The van der Waals surface area contributed by atoms with E-state index in [1.54, 1.807) is 0 Å². The largest absolute Gasteiger partial charge is 0.468 e. The van der Waals surface area contributed by atoms with Crippen molar-refractivity contribution in [2.75, 3.05) is 18.2 Å². The topological polar surface area (TPSA) is 81.2 Å². The van der Waals surface area contributed by atoms with Gasteiger partial charge in [0, 0.05) is 6.42 Å². The van der Waals surface area contributed by atoms with Crippen molar-refractivity contribution in [2.24, 2.45) is 0 Å². The lowest BCUT2D eigenvalue weighted by Crippen LogP contribution is -2.12. The van der Waals surface area contributed by atoms with Crippen LogP contribution in [0, 0.1) is 6.92 Å². The summed E-state index contributed by atoms with van der Waals surface area (Å²) in [7, 11) is 1.34. The molecule has 2 aromatic rings. The molecule has 1 aromatic heterocycles. The van der Waals surface area contributed by atoms with Crippen molar-refractivity contribution in [3.63, 3.8) is 0 Å². The van der Waals surface area contributed by atoms with Gasteiger partial charge >= 0.3 is 5.97 Å². The highest BCUT2D eigenvalue weighted by atomic mass is 32.2. The molecular formula is C15H17N3O3S2. The number of amides is 1. The molecule has 0 radical (unpaired) electrons. The van der Waals surface area contributed by atoms with Gasteiger partial charge in [-0.25, -0.2) is 0 Å². The lowest BCUT2D eigenvalue weighted by atomic mass is 10.1. The SMILES string of the molecule is COC(=O)CSc1nnc(NC(=O)CCc2ccc(C)cc2)s1. The quantitative estimate of drug-likeness (QED) is 0.469. The maximum atomic E-state index is 11.9. The third-order valence-electron chi connectivity index (χ3n) is 2.96. The first-order valence-electron chi connectivity index (χ1n) is 6.95. The predicted octanol–water partition coefficient (Wildman–Crippen LogP) is 2.68. The zero-order chi connectivity index (χ0) is 16.7. The average molecular weight is 351 g/mol. The van der Waals surface area contributed by atoms with Crippen LogP contribution in [-0.2, 0) is 20.7 Å². The van der Waals surface area contributed by atoms with Crippen LogP contribution in [0.1, 0.15) is 17.5 Å². The van der Waals surface area contributed by atoms with Gasteiger partial charge in [0.2, 0.25) is 11.0 Å². The Morgan fingerprint density at radius 3 is 2.70 bits per heavy atom. The molecule has 0 saturated carbocycles. The molecule has 0 unspecified atom stereocenters. The molecule has 23 heavy (non-hydrogen) atoms. The molecule has 0 saturated heterocycles. The van der Waals surface area contributed by atoms with E-state index >= 15 is 0 Å². The number of ether oxygens (including phenoxy) is 1. The molecule has 0 aliphatic heterocycles. The third-order valence-corrected chi connectivity index (χ3v) is 4.90. The molecule has 122 valence electrons. The van der Waals surface area contributed by atoms with Crippen molar-refractivity contribution in [3.05, 3.63) is 35.4 Å². The number of rotatable bonds is 7. The lowest BCUT2D eigenvalue weighted by Gasteiger charge is -2.02. The highest BCUT2D eigenvalue weighted by molar-refractivity contribution is 8.01. The molecule has 2 rings (SSSR count). The molecule has 0 atom stereocenters. The number of nitrogens with one attached hydrogen (secondary N) is 1. The van der Waals surface area contributed by atoms with Gasteiger partial charge in [-0.2, -0.15) is 0 Å². The number of thioether (sulfide) groups is 1. The second kappa shape index (κ2) is 8.64. The molecule has 1 amide bonds. The van der Waals surface area contributed by atoms with Gasteiger partial charge in [-0.05, 0) is 18.9 Å². The summed E-state index contributed by atoms with van der Waals surface area (Å²) >= 11 is 2.47. The fraction of sp³-hybridized carbons (Fsp3) is 0.333. The maximum absolute atomic E-state index is 11.9. The molecule has 0 fully saturated rings. The number of methoxy groups -OCH3 is 1. The van der Waals surface area contributed by atoms with Gasteiger partial charge in [0.25, 0.3) is 0 Å². The van der Waals surface area contributed by atoms with Gasteiger partial charge in [0.05, 0.1) is 12.9 Å². The summed E-state index contributed by atoms with van der Waals surface area (Å²) in [5.74, 6) is -0.257. The summed E-state index contributed by atoms with van der Waals surface area (Å²) in [6.07, 6.45) is 1.06. The van der Waals surface area contributed by atoms with Crippen LogP contribution in [-0.4, -0.2) is 34.9 Å². The van der Waals surface area contributed by atoms with Gasteiger partial charge in [-0.3, -0.25) is 9.59 Å². The van der Waals surface area contributed by atoms with Crippen molar-refractivity contribution < 1.29 is 14.3 Å². The van der Waals surface area contributed by atoms with Crippen molar-refractivity contribution in [3.8, 4) is 0 Å². The van der Waals surface area contributed by atoms with E-state index in [1.807, 2.05) is 31.2 Å². The van der Waals surface area contributed by atoms with Crippen molar-refractivity contribution in [2.45, 2.75) is 24.1 Å². The van der Waals surface area contributed by atoms with E-state index in [4.69, 9.17) is 0 Å². The zero-order valence-corrected chi connectivity index (χ0v) is 14.5. The molecule has 1 heterocycles. The van der Waals surface area contributed by atoms with Gasteiger partial charge in [-0.1, -0.05) is 52.9 Å². The number of nitrogens with zero attached hydrogens (tertiary/aromatic N) is 2. The van der Waals surface area contributed by atoms with E-state index in [2.05, 4.69) is 20.3 Å². The molecule has 0 aliphatic rings. The van der Waals surface area contributed by atoms with Gasteiger partial charge < -0.3 is 10.1 Å². The standard InChI is InChI=1S/C15H17N3O3S2/c1-10-3-5-11(6-4-10)7-8-12(19)16-14-17-18-15(23-14)22-9-13(20)21-2/h3-6H,7-9H2,1-2H3,(H,16,17,19). The number of carbonyl (C=O) groups excluding carboxylic acids is 2. The number of esters is 1. The van der Waals surface area contributed by atoms with Crippen LogP contribution in [0.3, 0.4) is 0 Å². The van der Waals surface area contributed by atoms with Gasteiger partial charge in [0.1, 0.15) is 0 Å². The molecular weight excluding hydrogens is 334 g/mol. The number of benzene rings is 1. The van der Waals surface area contributed by atoms with Crippen molar-refractivity contribution in [1.29, 1.82) is 0 Å². The van der Waals surface area contributed by atoms with Crippen LogP contribution in [0.15, 0.2) is 28.6 Å². The zero-order valence-electron chi connectivity index (χ0n) is 12.9. The van der Waals surface area contributed by atoms with Crippen LogP contribution in [0.25, 0.3) is 0 Å². The second-order valence-corrected chi connectivity index (χ2v) is 6.97. The van der Waals surface area contributed by atoms with E-state index in [9.17, 15) is 9.59 Å². The fourth-order valence-electron chi connectivity index (χ4n) is 1.69. The Bertz CT molecular complexity index is 671. The Kier molecular flexibility index (Phi) is 6.54. The lowest BCUT2D eigenvalue weighted by molar-refractivity contribution is -0.137. The Labute approximate surface area is 142 Å². The minimum atomic E-state index is -0.325. The number of carbonyl (C=O) groups is 2. The van der Waals surface area contributed by atoms with Gasteiger partial charge in [0.15, 0.2) is 4.34 Å². The van der Waals surface area contributed by atoms with E-state index in [1.165, 1.54) is 35.8 Å². The van der Waals surface area contributed by atoms with Crippen LogP contribution < -0.4 is 5.32 Å². The van der Waals surface area contributed by atoms with E-state index in [0.717, 1.165) is 5.56 Å². The third kappa shape index (κ3) is 5.99. The number of aromatic nitrogens is 2. The Balaban J connectivity index is 1.77. The first kappa shape index (κ1) is 17.4. The monoisotopic (exact) mass is 351 g/mol. The van der Waals surface area contributed by atoms with Crippen LogP contribution in [0.5, 0.6) is 0 Å². The number of aryl methyl sites for hydroxylation is 2. The van der Waals surface area contributed by atoms with Crippen LogP contribution >= 0.6 is 23.1 Å². The summed E-state index contributed by atoms with van der Waals surface area (Å²) in [5, 5.41) is 11.0. The summed E-state index contributed by atoms with van der Waals surface area (Å²) in [4.78, 5) is 23.0. The Morgan fingerprint density at radius 1 is 1.26 bits per heavy atom. The maximum Gasteiger partial charge on any atom is 0.316 e. The van der Waals surface area contributed by atoms with Gasteiger partial charge in [-0.15, -0.1) is 10.2 Å². The molecule has 1 N–H and O–H groups in total. The minimum absolute atomic E-state index is 0.105. The van der Waals surface area contributed by atoms with E-state index in [0.29, 0.717) is 22.3 Å². The van der Waals surface area contributed by atoms with Crippen molar-refractivity contribution in [1.82, 2.24) is 10.2 Å². The minimum Gasteiger partial charge on any atom is -0.468 e. The molecule has 6 nitrogen and oxygen atoms in total. The Hall–Kier alpha value is -1.93. The van der Waals surface area contributed by atoms with E-state index < -0.39 is 0 Å². The summed E-state index contributed by atoms with van der Waals surface area (Å²) < 4.78 is 5.17. The highest BCUT2D eigenvalue weighted by Gasteiger charge is 2.10. The molecule has 8 heteroatoms. The second-order valence-electron chi connectivity index (χ2n) is 4.77. The predicted molar refractivity (Wildman–Crippen MR) is 90.8 cm³/mol. The van der Waals surface area contributed by atoms with Crippen LogP contribution in [0.2, 0.25) is 0 Å². The number of anilines is 1. The molecule has 0 bridgehead atoms. The number of hydrogen-bond acceptors (Lipinski definition) is 7. The summed E-state index contributed by atoms with van der Waals surface area (Å²) in [6.45, 7) is 2.03. The summed E-state index contributed by atoms with van der Waals surface area (Å²) in [5.41, 5.74) is 2.32.